The van der Waals surface area contributed by atoms with Crippen LogP contribution in [0.15, 0.2) is 60.8 Å². The van der Waals surface area contributed by atoms with Crippen molar-refractivity contribution in [1.29, 1.82) is 0 Å². The second kappa shape index (κ2) is 8.73. The van der Waals surface area contributed by atoms with Gasteiger partial charge in [0.25, 0.3) is 0 Å². The van der Waals surface area contributed by atoms with E-state index in [0.717, 1.165) is 47.8 Å². The number of H-pyrrole nitrogens is 2. The van der Waals surface area contributed by atoms with Crippen LogP contribution in [0.3, 0.4) is 0 Å². The van der Waals surface area contributed by atoms with Crippen LogP contribution in [0.4, 0.5) is 0 Å². The summed E-state index contributed by atoms with van der Waals surface area (Å²) < 4.78 is 0. The minimum absolute atomic E-state index is 0.391. The van der Waals surface area contributed by atoms with E-state index in [2.05, 4.69) is 83.4 Å². The third kappa shape index (κ3) is 3.70. The molecule has 5 heteroatoms. The minimum atomic E-state index is 0.391. The van der Waals surface area contributed by atoms with Gasteiger partial charge in [-0.25, -0.2) is 9.97 Å². The molecule has 1 saturated heterocycles. The Hall–Kier alpha value is -3.44. The summed E-state index contributed by atoms with van der Waals surface area (Å²) in [4.78, 5) is 19.1. The normalized spacial score (nSPS) is 16.7. The first-order chi connectivity index (χ1) is 16.7. The number of hydrogen-bond donors (Lipinski definition) is 2. The lowest BCUT2D eigenvalue weighted by molar-refractivity contribution is 0.307. The molecule has 0 bridgehead atoms. The highest BCUT2D eigenvalue weighted by molar-refractivity contribution is 6.04. The molecule has 1 aliphatic rings. The van der Waals surface area contributed by atoms with Gasteiger partial charge in [0.05, 0.1) is 29.0 Å². The molecule has 1 aliphatic heterocycles. The number of likely N-dealkylation sites (tertiary alicyclic amines) is 1. The number of aryl methyl sites for hydroxylation is 1. The SMILES string of the molecule is CCCCc1nc2ccc(-c3cccc4c(-c5cnc(C6CCCN6C)[nH]5)cccc34)cc2[nH]1. The van der Waals surface area contributed by atoms with Crippen LogP contribution in [0.5, 0.6) is 0 Å². The number of nitrogens with zero attached hydrogens (tertiary/aromatic N) is 3. The van der Waals surface area contributed by atoms with E-state index in [1.165, 1.54) is 46.7 Å². The van der Waals surface area contributed by atoms with Gasteiger partial charge in [-0.15, -0.1) is 0 Å². The fraction of sp³-hybridized carbons (Fsp3) is 0.310. The summed E-state index contributed by atoms with van der Waals surface area (Å²) >= 11 is 0. The number of aromatic nitrogens is 4. The molecular weight excluding hydrogens is 418 g/mol. The summed E-state index contributed by atoms with van der Waals surface area (Å²) in [6.45, 7) is 3.35. The molecule has 0 amide bonds. The van der Waals surface area contributed by atoms with Gasteiger partial charge < -0.3 is 9.97 Å². The molecule has 1 unspecified atom stereocenters. The fourth-order valence-corrected chi connectivity index (χ4v) is 5.39. The number of unbranched alkanes of at least 4 members (excludes halogenated alkanes) is 1. The Morgan fingerprint density at radius 3 is 2.62 bits per heavy atom. The van der Waals surface area contributed by atoms with Crippen molar-refractivity contribution in [3.8, 4) is 22.4 Å². The number of nitrogens with one attached hydrogen (secondary N) is 2. The van der Waals surface area contributed by atoms with Gasteiger partial charge >= 0.3 is 0 Å². The third-order valence-electron chi connectivity index (χ3n) is 7.25. The quantitative estimate of drug-likeness (QED) is 0.297. The molecule has 3 heterocycles. The molecular formula is C29H31N5. The Labute approximate surface area is 200 Å². The molecule has 3 aromatic carbocycles. The van der Waals surface area contributed by atoms with E-state index in [1.807, 2.05) is 6.20 Å². The topological polar surface area (TPSA) is 60.6 Å². The van der Waals surface area contributed by atoms with E-state index in [0.29, 0.717) is 6.04 Å². The van der Waals surface area contributed by atoms with E-state index in [-0.39, 0.29) is 0 Å². The Morgan fingerprint density at radius 1 is 1.00 bits per heavy atom. The number of benzene rings is 3. The second-order valence-corrected chi connectivity index (χ2v) is 9.55. The molecule has 0 spiro atoms. The van der Waals surface area contributed by atoms with Gasteiger partial charge in [0.15, 0.2) is 0 Å². The van der Waals surface area contributed by atoms with Crippen molar-refractivity contribution in [2.24, 2.45) is 0 Å². The fourth-order valence-electron chi connectivity index (χ4n) is 5.39. The smallest absolute Gasteiger partial charge is 0.123 e. The molecule has 6 rings (SSSR count). The van der Waals surface area contributed by atoms with Crippen molar-refractivity contribution in [2.45, 2.75) is 45.1 Å². The Bertz CT molecular complexity index is 1460. The molecule has 0 radical (unpaired) electrons. The van der Waals surface area contributed by atoms with Gasteiger partial charge in [-0.2, -0.15) is 0 Å². The lowest BCUT2D eigenvalue weighted by Gasteiger charge is -2.16. The maximum absolute atomic E-state index is 4.77. The monoisotopic (exact) mass is 449 g/mol. The predicted molar refractivity (Wildman–Crippen MR) is 140 cm³/mol. The number of rotatable bonds is 6. The maximum Gasteiger partial charge on any atom is 0.123 e. The van der Waals surface area contributed by atoms with E-state index < -0.39 is 0 Å². The lowest BCUT2D eigenvalue weighted by atomic mass is 9.94. The lowest BCUT2D eigenvalue weighted by Crippen LogP contribution is -2.18. The van der Waals surface area contributed by atoms with Crippen LogP contribution in [0.1, 0.15) is 50.3 Å². The largest absolute Gasteiger partial charge is 0.342 e. The molecule has 2 N–H and O–H groups in total. The van der Waals surface area contributed by atoms with Gasteiger partial charge in [0.1, 0.15) is 11.6 Å². The zero-order chi connectivity index (χ0) is 23.1. The summed E-state index contributed by atoms with van der Waals surface area (Å²) in [6.07, 6.45) is 7.73. The van der Waals surface area contributed by atoms with Crippen LogP contribution >= 0.6 is 0 Å². The molecule has 5 nitrogen and oxygen atoms in total. The van der Waals surface area contributed by atoms with Crippen molar-refractivity contribution in [3.05, 3.63) is 72.4 Å². The molecule has 34 heavy (non-hydrogen) atoms. The van der Waals surface area contributed by atoms with Gasteiger partial charge in [0.2, 0.25) is 0 Å². The summed E-state index contributed by atoms with van der Waals surface area (Å²) in [5.74, 6) is 2.16. The highest BCUT2D eigenvalue weighted by atomic mass is 15.2. The highest BCUT2D eigenvalue weighted by Gasteiger charge is 2.25. The average Bonchev–Trinajstić information content (AvgIpc) is 3.60. The second-order valence-electron chi connectivity index (χ2n) is 9.55. The highest BCUT2D eigenvalue weighted by Crippen LogP contribution is 2.36. The molecule has 1 fully saturated rings. The predicted octanol–water partition coefficient (Wildman–Crippen LogP) is 6.88. The Morgan fingerprint density at radius 2 is 1.82 bits per heavy atom. The maximum atomic E-state index is 4.77. The number of aromatic amines is 2. The summed E-state index contributed by atoms with van der Waals surface area (Å²) in [6, 6.07) is 20.1. The summed E-state index contributed by atoms with van der Waals surface area (Å²) in [5.41, 5.74) is 6.87. The van der Waals surface area contributed by atoms with E-state index in [9.17, 15) is 0 Å². The molecule has 1 atom stereocenters. The molecule has 0 saturated carbocycles. The average molecular weight is 450 g/mol. The first-order valence-electron chi connectivity index (χ1n) is 12.5. The van der Waals surface area contributed by atoms with Crippen LogP contribution < -0.4 is 0 Å². The molecule has 2 aromatic heterocycles. The van der Waals surface area contributed by atoms with E-state index in [1.54, 1.807) is 0 Å². The van der Waals surface area contributed by atoms with Crippen molar-refractivity contribution in [1.82, 2.24) is 24.8 Å². The van der Waals surface area contributed by atoms with Crippen molar-refractivity contribution in [2.75, 3.05) is 13.6 Å². The summed E-state index contributed by atoms with van der Waals surface area (Å²) in [7, 11) is 2.19. The number of hydrogen-bond acceptors (Lipinski definition) is 3. The van der Waals surface area contributed by atoms with E-state index >= 15 is 0 Å². The molecule has 5 aromatic rings. The van der Waals surface area contributed by atoms with Crippen LogP contribution in [0, 0.1) is 0 Å². The van der Waals surface area contributed by atoms with Gasteiger partial charge in [-0.3, -0.25) is 4.90 Å². The molecule has 172 valence electrons. The van der Waals surface area contributed by atoms with Crippen LogP contribution in [-0.2, 0) is 6.42 Å². The standard InChI is InChI=1S/C29H31N5/c1-3-4-13-28-31-24-15-14-19(17-25(24)32-28)20-8-5-10-22-21(20)9-6-11-23(22)26-18-30-29(33-26)27-12-7-16-34(27)2/h5-6,8-11,14-15,17-18,27H,3-4,7,12-13,16H2,1-2H3,(H,30,33)(H,31,32). The number of fused-ring (bicyclic) bond motifs is 2. The van der Waals surface area contributed by atoms with Crippen molar-refractivity contribution in [3.63, 3.8) is 0 Å². The number of imidazole rings is 2. The minimum Gasteiger partial charge on any atom is -0.342 e. The van der Waals surface area contributed by atoms with Crippen LogP contribution in [0.2, 0.25) is 0 Å². The first kappa shape index (κ1) is 21.1. The van der Waals surface area contributed by atoms with Gasteiger partial charge in [-0.1, -0.05) is 55.8 Å². The first-order valence-corrected chi connectivity index (χ1v) is 12.5. The van der Waals surface area contributed by atoms with Crippen LogP contribution in [0.25, 0.3) is 44.2 Å². The third-order valence-corrected chi connectivity index (χ3v) is 7.25. The zero-order valence-electron chi connectivity index (χ0n) is 19.9. The Balaban J connectivity index is 1.40. The van der Waals surface area contributed by atoms with E-state index in [4.69, 9.17) is 9.97 Å². The van der Waals surface area contributed by atoms with Crippen molar-refractivity contribution >= 4 is 21.8 Å². The summed E-state index contributed by atoms with van der Waals surface area (Å²) in [5, 5.41) is 2.49. The van der Waals surface area contributed by atoms with Crippen molar-refractivity contribution < 1.29 is 0 Å². The van der Waals surface area contributed by atoms with Crippen LogP contribution in [-0.4, -0.2) is 38.4 Å². The molecule has 0 aliphatic carbocycles. The Kier molecular flexibility index (Phi) is 5.42. The van der Waals surface area contributed by atoms with Gasteiger partial charge in [0, 0.05) is 12.0 Å². The van der Waals surface area contributed by atoms with Gasteiger partial charge in [-0.05, 0) is 66.9 Å². The zero-order valence-corrected chi connectivity index (χ0v) is 19.9.